The van der Waals surface area contributed by atoms with E-state index in [1.165, 1.54) is 6.92 Å². The van der Waals surface area contributed by atoms with Crippen LogP contribution in [0.4, 0.5) is 0 Å². The van der Waals surface area contributed by atoms with Crippen molar-refractivity contribution in [3.05, 3.63) is 34.9 Å². The summed E-state index contributed by atoms with van der Waals surface area (Å²) in [5, 5.41) is 11.5. The summed E-state index contributed by atoms with van der Waals surface area (Å²) >= 11 is 5.85. The van der Waals surface area contributed by atoms with E-state index in [1.807, 2.05) is 58.9 Å². The monoisotopic (exact) mass is 328 g/mol. The lowest BCUT2D eigenvalue weighted by Gasteiger charge is -2.39. The number of aryl methyl sites for hydroxylation is 1. The van der Waals surface area contributed by atoms with E-state index in [1.54, 1.807) is 0 Å². The minimum absolute atomic E-state index is 0.0133. The number of aliphatic hydroxyl groups is 1. The van der Waals surface area contributed by atoms with Crippen molar-refractivity contribution in [2.45, 2.75) is 60.0 Å². The van der Waals surface area contributed by atoms with Gasteiger partial charge in [0.05, 0.1) is 0 Å². The molecule has 1 rings (SSSR count). The lowest BCUT2D eigenvalue weighted by atomic mass is 9.74. The van der Waals surface area contributed by atoms with Crippen LogP contribution in [-0.2, 0) is 16.0 Å². The van der Waals surface area contributed by atoms with E-state index in [0.717, 1.165) is 5.56 Å². The fourth-order valence-corrected chi connectivity index (χ4v) is 2.01. The van der Waals surface area contributed by atoms with Crippen LogP contribution in [0.5, 0.6) is 0 Å². The summed E-state index contributed by atoms with van der Waals surface area (Å²) in [6, 6.07) is 7.55. The van der Waals surface area contributed by atoms with Crippen molar-refractivity contribution in [1.29, 1.82) is 0 Å². The Kier molecular flexibility index (Phi) is 8.72. The maximum Gasteiger partial charge on any atom is 0.302 e. The highest BCUT2D eigenvalue weighted by Gasteiger charge is 2.40. The van der Waals surface area contributed by atoms with Crippen LogP contribution >= 0.6 is 11.6 Å². The number of carbonyl (C=O) groups excluding carboxylic acids is 1. The maximum atomic E-state index is 11.0. The predicted octanol–water partition coefficient (Wildman–Crippen LogP) is 4.64. The molecular weight excluding hydrogens is 300 g/mol. The summed E-state index contributed by atoms with van der Waals surface area (Å²) in [5.74, 6) is -0.376. The van der Waals surface area contributed by atoms with Crippen LogP contribution < -0.4 is 0 Å². The van der Waals surface area contributed by atoms with E-state index in [-0.39, 0.29) is 18.0 Å². The quantitative estimate of drug-likeness (QED) is 0.801. The minimum atomic E-state index is -1.06. The van der Waals surface area contributed by atoms with Crippen molar-refractivity contribution in [2.24, 2.45) is 5.41 Å². The standard InChI is InChI=1S/C16H23ClO3.C2H6/c1-12(18)20-11-16(19,15(2,3)4)10-9-13-5-7-14(17)8-6-13;1-2/h5-8,19H,9-11H2,1-4H3;1-2H3. The molecule has 0 amide bonds. The van der Waals surface area contributed by atoms with Crippen LogP contribution in [0, 0.1) is 5.41 Å². The Morgan fingerprint density at radius 1 is 1.18 bits per heavy atom. The Labute approximate surface area is 139 Å². The summed E-state index contributed by atoms with van der Waals surface area (Å²) in [6.07, 6.45) is 1.22. The first-order chi connectivity index (χ1) is 10.1. The normalized spacial score (nSPS) is 13.6. The molecule has 0 aromatic heterocycles. The second-order valence-corrected chi connectivity index (χ2v) is 6.62. The van der Waals surface area contributed by atoms with E-state index >= 15 is 0 Å². The van der Waals surface area contributed by atoms with Gasteiger partial charge in [-0.1, -0.05) is 58.4 Å². The molecule has 0 radical (unpaired) electrons. The Morgan fingerprint density at radius 3 is 2.09 bits per heavy atom. The van der Waals surface area contributed by atoms with Gasteiger partial charge in [0, 0.05) is 11.9 Å². The van der Waals surface area contributed by atoms with Gasteiger partial charge in [-0.2, -0.15) is 0 Å². The molecule has 0 aliphatic carbocycles. The summed E-state index contributed by atoms with van der Waals surface area (Å²) in [7, 11) is 0. The molecule has 0 saturated heterocycles. The molecule has 1 aromatic carbocycles. The summed E-state index contributed by atoms with van der Waals surface area (Å²) in [6.45, 7) is 11.2. The number of rotatable bonds is 5. The van der Waals surface area contributed by atoms with Gasteiger partial charge in [0.25, 0.3) is 0 Å². The highest BCUT2D eigenvalue weighted by atomic mass is 35.5. The molecule has 0 spiro atoms. The van der Waals surface area contributed by atoms with Crippen LogP contribution in [0.1, 0.15) is 53.5 Å². The lowest BCUT2D eigenvalue weighted by Crippen LogP contribution is -2.47. The highest BCUT2D eigenvalue weighted by molar-refractivity contribution is 6.30. The molecule has 4 heteroatoms. The van der Waals surface area contributed by atoms with Gasteiger partial charge >= 0.3 is 5.97 Å². The summed E-state index contributed by atoms with van der Waals surface area (Å²) < 4.78 is 5.03. The Morgan fingerprint density at radius 2 is 1.68 bits per heavy atom. The molecule has 126 valence electrons. The van der Waals surface area contributed by atoms with Crippen molar-refractivity contribution in [3.8, 4) is 0 Å². The number of benzene rings is 1. The second-order valence-electron chi connectivity index (χ2n) is 6.19. The second kappa shape index (κ2) is 9.16. The molecule has 0 saturated carbocycles. The third kappa shape index (κ3) is 6.80. The number of hydrogen-bond acceptors (Lipinski definition) is 3. The van der Waals surface area contributed by atoms with E-state index in [9.17, 15) is 9.90 Å². The minimum Gasteiger partial charge on any atom is -0.463 e. The van der Waals surface area contributed by atoms with E-state index < -0.39 is 5.60 Å². The van der Waals surface area contributed by atoms with Gasteiger partial charge in [-0.25, -0.2) is 0 Å². The molecule has 0 fully saturated rings. The number of carbonyl (C=O) groups is 1. The molecule has 0 heterocycles. The molecule has 3 nitrogen and oxygen atoms in total. The first-order valence-electron chi connectivity index (χ1n) is 7.74. The Balaban J connectivity index is 0.00000211. The van der Waals surface area contributed by atoms with Gasteiger partial charge in [-0.05, 0) is 36.0 Å². The van der Waals surface area contributed by atoms with Gasteiger partial charge in [0.2, 0.25) is 0 Å². The van der Waals surface area contributed by atoms with Gasteiger partial charge < -0.3 is 9.84 Å². The lowest BCUT2D eigenvalue weighted by molar-refractivity contribution is -0.159. The molecule has 1 unspecified atom stereocenters. The van der Waals surface area contributed by atoms with E-state index in [2.05, 4.69) is 0 Å². The molecule has 1 atom stereocenters. The summed E-state index contributed by atoms with van der Waals surface area (Å²) in [4.78, 5) is 11.0. The Hall–Kier alpha value is -1.06. The van der Waals surface area contributed by atoms with Crippen molar-refractivity contribution in [1.82, 2.24) is 0 Å². The van der Waals surface area contributed by atoms with E-state index in [0.29, 0.717) is 17.9 Å². The van der Waals surface area contributed by atoms with Crippen LogP contribution in [0.3, 0.4) is 0 Å². The third-order valence-corrected chi connectivity index (χ3v) is 3.90. The average Bonchev–Trinajstić information content (AvgIpc) is 2.45. The first kappa shape index (κ1) is 20.9. The van der Waals surface area contributed by atoms with Crippen LogP contribution in [0.25, 0.3) is 0 Å². The fourth-order valence-electron chi connectivity index (χ4n) is 1.89. The van der Waals surface area contributed by atoms with Crippen molar-refractivity contribution >= 4 is 17.6 Å². The number of esters is 1. The largest absolute Gasteiger partial charge is 0.463 e. The fraction of sp³-hybridized carbons (Fsp3) is 0.611. The third-order valence-electron chi connectivity index (χ3n) is 3.65. The smallest absolute Gasteiger partial charge is 0.302 e. The molecule has 1 aromatic rings. The molecule has 0 aliphatic heterocycles. The molecule has 22 heavy (non-hydrogen) atoms. The SMILES string of the molecule is CC.CC(=O)OCC(O)(CCc1ccc(Cl)cc1)C(C)(C)C. The topological polar surface area (TPSA) is 46.5 Å². The van der Waals surface area contributed by atoms with Crippen molar-refractivity contribution < 1.29 is 14.6 Å². The highest BCUT2D eigenvalue weighted by Crippen LogP contribution is 2.34. The predicted molar refractivity (Wildman–Crippen MR) is 92.2 cm³/mol. The van der Waals surface area contributed by atoms with Crippen LogP contribution in [0.2, 0.25) is 5.02 Å². The van der Waals surface area contributed by atoms with Crippen molar-refractivity contribution in [3.63, 3.8) is 0 Å². The van der Waals surface area contributed by atoms with Crippen LogP contribution in [-0.4, -0.2) is 23.3 Å². The maximum absolute atomic E-state index is 11.0. The van der Waals surface area contributed by atoms with Gasteiger partial charge in [-0.3, -0.25) is 4.79 Å². The molecular formula is C18H29ClO3. The zero-order valence-electron chi connectivity index (χ0n) is 14.6. The zero-order valence-corrected chi connectivity index (χ0v) is 15.3. The van der Waals surface area contributed by atoms with Gasteiger partial charge in [0.1, 0.15) is 12.2 Å². The van der Waals surface area contributed by atoms with Gasteiger partial charge in [0.15, 0.2) is 0 Å². The number of halogens is 1. The molecule has 0 aliphatic rings. The average molecular weight is 329 g/mol. The summed E-state index contributed by atoms with van der Waals surface area (Å²) in [5.41, 5.74) is -0.340. The molecule has 0 bridgehead atoms. The first-order valence-corrected chi connectivity index (χ1v) is 8.12. The van der Waals surface area contributed by atoms with E-state index in [4.69, 9.17) is 16.3 Å². The number of ether oxygens (including phenoxy) is 1. The zero-order chi connectivity index (χ0) is 17.4. The number of hydrogen-bond donors (Lipinski definition) is 1. The van der Waals surface area contributed by atoms with Crippen molar-refractivity contribution in [2.75, 3.05) is 6.61 Å². The van der Waals surface area contributed by atoms with Crippen LogP contribution in [0.15, 0.2) is 24.3 Å². The Bertz CT molecular complexity index is 448. The van der Waals surface area contributed by atoms with Gasteiger partial charge in [-0.15, -0.1) is 0 Å². The molecule has 1 N–H and O–H groups in total.